The van der Waals surface area contributed by atoms with E-state index < -0.39 is 0 Å². The molecule has 3 heterocycles. The van der Waals surface area contributed by atoms with Gasteiger partial charge in [-0.3, -0.25) is 4.98 Å². The lowest BCUT2D eigenvalue weighted by molar-refractivity contribution is 0.174. The molecule has 1 fully saturated rings. The SMILES string of the molecule is Cl.NC1CCN(c2c3c(nc4ccc(-c5ccc6c(c5)OCO6)cc24)CCCC3)C1. The van der Waals surface area contributed by atoms with Crippen LogP contribution in [0.1, 0.15) is 30.5 Å². The Kier molecular flexibility index (Phi) is 4.95. The van der Waals surface area contributed by atoms with Gasteiger partial charge in [-0.05, 0) is 73.1 Å². The molecule has 2 N–H and O–H groups in total. The maximum absolute atomic E-state index is 6.27. The van der Waals surface area contributed by atoms with E-state index in [2.05, 4.69) is 35.2 Å². The first-order chi connectivity index (χ1) is 14.3. The highest BCUT2D eigenvalue weighted by Gasteiger charge is 2.27. The molecular weight excluding hydrogens is 398 g/mol. The van der Waals surface area contributed by atoms with E-state index in [1.807, 2.05) is 6.07 Å². The molecule has 1 aliphatic carbocycles. The first-order valence-electron chi connectivity index (χ1n) is 10.6. The fourth-order valence-electron chi connectivity index (χ4n) is 5.01. The van der Waals surface area contributed by atoms with E-state index in [0.717, 1.165) is 54.9 Å². The van der Waals surface area contributed by atoms with Gasteiger partial charge in [0.05, 0.1) is 11.2 Å². The van der Waals surface area contributed by atoms with E-state index in [0.29, 0.717) is 6.79 Å². The number of aromatic nitrogens is 1. The van der Waals surface area contributed by atoms with Gasteiger partial charge in [-0.1, -0.05) is 12.1 Å². The van der Waals surface area contributed by atoms with E-state index in [-0.39, 0.29) is 18.4 Å². The second-order valence-electron chi connectivity index (χ2n) is 8.39. The predicted octanol–water partition coefficient (Wildman–Crippen LogP) is 4.47. The number of benzene rings is 2. The van der Waals surface area contributed by atoms with Crippen molar-refractivity contribution in [1.82, 2.24) is 4.98 Å². The zero-order chi connectivity index (χ0) is 19.4. The third kappa shape index (κ3) is 3.17. The Morgan fingerprint density at radius 3 is 2.63 bits per heavy atom. The van der Waals surface area contributed by atoms with Crippen LogP contribution < -0.4 is 20.1 Å². The number of rotatable bonds is 2. The molecule has 0 radical (unpaired) electrons. The summed E-state index contributed by atoms with van der Waals surface area (Å²) in [7, 11) is 0. The third-order valence-corrected chi connectivity index (χ3v) is 6.48. The summed E-state index contributed by atoms with van der Waals surface area (Å²) in [4.78, 5) is 7.56. The number of nitrogens with zero attached hydrogens (tertiary/aromatic N) is 2. The molecule has 0 bridgehead atoms. The van der Waals surface area contributed by atoms with Crippen LogP contribution >= 0.6 is 12.4 Å². The standard InChI is InChI=1S/C24H25N3O2.ClH/c25-17-9-10-27(13-17)24-18-3-1-2-4-20(18)26-21-7-5-15(11-19(21)24)16-6-8-22-23(12-16)29-14-28-22;/h5-8,11-12,17H,1-4,9-10,13-14,25H2;1H. The van der Waals surface area contributed by atoms with E-state index in [9.17, 15) is 0 Å². The molecule has 3 aromatic rings. The molecule has 30 heavy (non-hydrogen) atoms. The second-order valence-corrected chi connectivity index (χ2v) is 8.39. The monoisotopic (exact) mass is 423 g/mol. The summed E-state index contributed by atoms with van der Waals surface area (Å²) in [6.07, 6.45) is 5.74. The van der Waals surface area contributed by atoms with Gasteiger partial charge in [-0.25, -0.2) is 0 Å². The fourth-order valence-corrected chi connectivity index (χ4v) is 5.01. The third-order valence-electron chi connectivity index (χ3n) is 6.48. The van der Waals surface area contributed by atoms with Crippen LogP contribution in [0, 0.1) is 0 Å². The fraction of sp³-hybridized carbons (Fsp3) is 0.375. The Balaban J connectivity index is 0.00000193. The molecular formula is C24H26ClN3O2. The lowest BCUT2D eigenvalue weighted by Crippen LogP contribution is -2.28. The van der Waals surface area contributed by atoms with Crippen molar-refractivity contribution in [3.63, 3.8) is 0 Å². The van der Waals surface area contributed by atoms with Gasteiger partial charge in [0, 0.05) is 30.2 Å². The van der Waals surface area contributed by atoms with Crippen LogP contribution in [-0.2, 0) is 12.8 Å². The van der Waals surface area contributed by atoms with E-state index in [4.69, 9.17) is 20.2 Å². The largest absolute Gasteiger partial charge is 0.454 e. The van der Waals surface area contributed by atoms with E-state index >= 15 is 0 Å². The summed E-state index contributed by atoms with van der Waals surface area (Å²) in [5.74, 6) is 1.63. The zero-order valence-corrected chi connectivity index (χ0v) is 17.7. The first kappa shape index (κ1) is 19.5. The highest BCUT2D eigenvalue weighted by atomic mass is 35.5. The van der Waals surface area contributed by atoms with Gasteiger partial charge in [0.25, 0.3) is 0 Å². The van der Waals surface area contributed by atoms with Crippen LogP contribution in [0.2, 0.25) is 0 Å². The van der Waals surface area contributed by atoms with Crippen molar-refractivity contribution in [2.75, 3.05) is 24.8 Å². The summed E-state index contributed by atoms with van der Waals surface area (Å²) >= 11 is 0. The molecule has 0 spiro atoms. The normalized spacial score (nSPS) is 19.6. The summed E-state index contributed by atoms with van der Waals surface area (Å²) in [5.41, 5.74) is 13.8. The molecule has 5 nitrogen and oxygen atoms in total. The molecule has 1 atom stereocenters. The van der Waals surface area contributed by atoms with Gasteiger partial charge in [0.2, 0.25) is 6.79 Å². The van der Waals surface area contributed by atoms with Gasteiger partial charge in [-0.15, -0.1) is 12.4 Å². The number of nitrogens with two attached hydrogens (primary N) is 1. The Bertz CT molecular complexity index is 1120. The number of hydrogen-bond donors (Lipinski definition) is 1. The van der Waals surface area contributed by atoms with Crippen LogP contribution in [0.25, 0.3) is 22.0 Å². The van der Waals surface area contributed by atoms with E-state index in [1.165, 1.54) is 40.7 Å². The minimum absolute atomic E-state index is 0. The minimum atomic E-state index is 0. The minimum Gasteiger partial charge on any atom is -0.454 e. The Hall–Kier alpha value is -2.50. The van der Waals surface area contributed by atoms with Gasteiger partial charge >= 0.3 is 0 Å². The van der Waals surface area contributed by atoms with Crippen LogP contribution in [0.4, 0.5) is 5.69 Å². The van der Waals surface area contributed by atoms with Gasteiger partial charge < -0.3 is 20.1 Å². The van der Waals surface area contributed by atoms with Gasteiger partial charge in [0.1, 0.15) is 0 Å². The van der Waals surface area contributed by atoms with Gasteiger partial charge in [0.15, 0.2) is 11.5 Å². The number of ether oxygens (including phenoxy) is 2. The lowest BCUT2D eigenvalue weighted by Gasteiger charge is -2.28. The number of pyridine rings is 1. The topological polar surface area (TPSA) is 60.6 Å². The number of fused-ring (bicyclic) bond motifs is 3. The Morgan fingerprint density at radius 2 is 1.77 bits per heavy atom. The van der Waals surface area contributed by atoms with Crippen molar-refractivity contribution in [3.05, 3.63) is 47.7 Å². The molecule has 6 heteroatoms. The van der Waals surface area contributed by atoms with E-state index in [1.54, 1.807) is 0 Å². The molecule has 0 amide bonds. The molecule has 1 unspecified atom stereocenters. The number of anilines is 1. The van der Waals surface area contributed by atoms with Crippen molar-refractivity contribution in [1.29, 1.82) is 0 Å². The zero-order valence-electron chi connectivity index (χ0n) is 16.9. The average molecular weight is 424 g/mol. The van der Waals surface area contributed by atoms with Crippen LogP contribution in [-0.4, -0.2) is 30.9 Å². The summed E-state index contributed by atoms with van der Waals surface area (Å²) < 4.78 is 11.1. The maximum atomic E-state index is 6.27. The highest BCUT2D eigenvalue weighted by Crippen LogP contribution is 2.40. The van der Waals surface area contributed by atoms with Crippen LogP contribution in [0.5, 0.6) is 11.5 Å². The number of aryl methyl sites for hydroxylation is 1. The number of hydrogen-bond acceptors (Lipinski definition) is 5. The average Bonchev–Trinajstić information content (AvgIpc) is 3.39. The molecule has 0 saturated carbocycles. The van der Waals surface area contributed by atoms with Crippen LogP contribution in [0.3, 0.4) is 0 Å². The Labute approximate surface area is 182 Å². The van der Waals surface area contributed by atoms with Crippen molar-refractivity contribution in [2.45, 2.75) is 38.1 Å². The van der Waals surface area contributed by atoms with Crippen molar-refractivity contribution in [3.8, 4) is 22.6 Å². The first-order valence-corrected chi connectivity index (χ1v) is 10.6. The smallest absolute Gasteiger partial charge is 0.231 e. The van der Waals surface area contributed by atoms with Crippen molar-refractivity contribution in [2.24, 2.45) is 5.73 Å². The summed E-state index contributed by atoms with van der Waals surface area (Å²) in [5, 5.41) is 1.25. The van der Waals surface area contributed by atoms with Crippen molar-refractivity contribution < 1.29 is 9.47 Å². The molecule has 1 aromatic heterocycles. The quantitative estimate of drug-likeness (QED) is 0.659. The molecule has 156 valence electrons. The Morgan fingerprint density at radius 1 is 0.967 bits per heavy atom. The molecule has 2 aliphatic heterocycles. The molecule has 3 aliphatic rings. The predicted molar refractivity (Wildman–Crippen MR) is 122 cm³/mol. The lowest BCUT2D eigenvalue weighted by atomic mass is 9.91. The number of halogens is 1. The summed E-state index contributed by atoms with van der Waals surface area (Å²) in [6, 6.07) is 13.1. The molecule has 2 aromatic carbocycles. The molecule has 1 saturated heterocycles. The maximum Gasteiger partial charge on any atom is 0.231 e. The summed E-state index contributed by atoms with van der Waals surface area (Å²) in [6.45, 7) is 2.26. The highest BCUT2D eigenvalue weighted by molar-refractivity contribution is 5.97. The van der Waals surface area contributed by atoms with Gasteiger partial charge in [-0.2, -0.15) is 0 Å². The molecule has 6 rings (SSSR count). The van der Waals surface area contributed by atoms with Crippen molar-refractivity contribution >= 4 is 29.0 Å². The second kappa shape index (κ2) is 7.64. The van der Waals surface area contributed by atoms with Crippen LogP contribution in [0.15, 0.2) is 36.4 Å².